The summed E-state index contributed by atoms with van der Waals surface area (Å²) in [7, 11) is 0. The second kappa shape index (κ2) is 4.95. The van der Waals surface area contributed by atoms with Crippen LogP contribution in [-0.4, -0.2) is 12.5 Å². The number of benzene rings is 1. The summed E-state index contributed by atoms with van der Waals surface area (Å²) in [6, 6.07) is 5.42. The Kier molecular flexibility index (Phi) is 4.19. The van der Waals surface area contributed by atoms with Crippen LogP contribution in [0.25, 0.3) is 0 Å². The van der Waals surface area contributed by atoms with Gasteiger partial charge in [-0.3, -0.25) is 0 Å². The summed E-state index contributed by atoms with van der Waals surface area (Å²) in [6.45, 7) is 0.500. The third kappa shape index (κ3) is 2.85. The van der Waals surface area contributed by atoms with E-state index in [2.05, 4.69) is 15.9 Å². The highest BCUT2D eigenvalue weighted by atomic mass is 79.9. The standard InChI is InChI=1S/C8H7BrCl2O/c9-7-2-1-6(5-8(7)11)12-4-3-10/h1-2,5H,3-4H2. The molecule has 4 heteroatoms. The largest absolute Gasteiger partial charge is 0.492 e. The summed E-state index contributed by atoms with van der Waals surface area (Å²) >= 11 is 14.6. The van der Waals surface area contributed by atoms with E-state index in [1.165, 1.54) is 0 Å². The summed E-state index contributed by atoms with van der Waals surface area (Å²) in [5.41, 5.74) is 0. The minimum Gasteiger partial charge on any atom is -0.492 e. The summed E-state index contributed by atoms with van der Waals surface area (Å²) in [5, 5.41) is 0.641. The third-order valence-corrected chi connectivity index (χ3v) is 2.62. The van der Waals surface area contributed by atoms with Crippen molar-refractivity contribution in [2.45, 2.75) is 0 Å². The summed E-state index contributed by atoms with van der Waals surface area (Å²) in [6.07, 6.45) is 0. The van der Waals surface area contributed by atoms with E-state index in [-0.39, 0.29) is 0 Å². The number of hydrogen-bond donors (Lipinski definition) is 0. The van der Waals surface area contributed by atoms with Gasteiger partial charge in [0.25, 0.3) is 0 Å². The molecular formula is C8H7BrCl2O. The zero-order valence-corrected chi connectivity index (χ0v) is 9.29. The number of hydrogen-bond acceptors (Lipinski definition) is 1. The maximum Gasteiger partial charge on any atom is 0.120 e. The van der Waals surface area contributed by atoms with Crippen molar-refractivity contribution in [3.8, 4) is 5.75 Å². The van der Waals surface area contributed by atoms with Crippen molar-refractivity contribution in [1.82, 2.24) is 0 Å². The average Bonchev–Trinajstić information content (AvgIpc) is 2.07. The monoisotopic (exact) mass is 268 g/mol. The van der Waals surface area contributed by atoms with Gasteiger partial charge >= 0.3 is 0 Å². The Hall–Kier alpha value is 0.0800. The first-order valence-corrected chi connectivity index (χ1v) is 5.08. The Morgan fingerprint density at radius 2 is 2.17 bits per heavy atom. The van der Waals surface area contributed by atoms with Gasteiger partial charge in [-0.25, -0.2) is 0 Å². The molecule has 12 heavy (non-hydrogen) atoms. The Balaban J connectivity index is 2.69. The zero-order chi connectivity index (χ0) is 8.97. The van der Waals surface area contributed by atoms with Gasteiger partial charge in [0.1, 0.15) is 12.4 Å². The number of halogens is 3. The molecule has 0 radical (unpaired) electrons. The van der Waals surface area contributed by atoms with Crippen molar-refractivity contribution >= 4 is 39.1 Å². The molecule has 1 rings (SSSR count). The Bertz CT molecular complexity index is 265. The summed E-state index contributed by atoms with van der Waals surface area (Å²) < 4.78 is 6.12. The molecule has 0 amide bonds. The van der Waals surface area contributed by atoms with E-state index in [1.54, 1.807) is 6.07 Å². The van der Waals surface area contributed by atoms with Crippen LogP contribution < -0.4 is 4.74 Å². The lowest BCUT2D eigenvalue weighted by Gasteiger charge is -2.04. The molecule has 0 saturated heterocycles. The highest BCUT2D eigenvalue weighted by Crippen LogP contribution is 2.26. The molecule has 0 spiro atoms. The molecule has 1 nitrogen and oxygen atoms in total. The molecule has 1 aromatic rings. The molecular weight excluding hydrogens is 263 g/mol. The molecule has 0 fully saturated rings. The first-order chi connectivity index (χ1) is 5.74. The van der Waals surface area contributed by atoms with E-state index in [1.807, 2.05) is 12.1 Å². The number of rotatable bonds is 3. The van der Waals surface area contributed by atoms with Crippen LogP contribution in [0, 0.1) is 0 Å². The van der Waals surface area contributed by atoms with Crippen LogP contribution in [0.4, 0.5) is 0 Å². The molecule has 0 unspecified atom stereocenters. The summed E-state index contributed by atoms with van der Waals surface area (Å²) in [5.74, 6) is 1.22. The van der Waals surface area contributed by atoms with E-state index in [9.17, 15) is 0 Å². The molecule has 0 heterocycles. The quantitative estimate of drug-likeness (QED) is 0.760. The van der Waals surface area contributed by atoms with Crippen LogP contribution >= 0.6 is 39.1 Å². The first-order valence-electron chi connectivity index (χ1n) is 3.38. The van der Waals surface area contributed by atoms with E-state index in [4.69, 9.17) is 27.9 Å². The summed E-state index contributed by atoms with van der Waals surface area (Å²) in [4.78, 5) is 0. The fourth-order valence-corrected chi connectivity index (χ4v) is 1.22. The Morgan fingerprint density at radius 3 is 2.75 bits per heavy atom. The van der Waals surface area contributed by atoms with Crippen molar-refractivity contribution in [2.75, 3.05) is 12.5 Å². The lowest BCUT2D eigenvalue weighted by molar-refractivity contribution is 0.343. The van der Waals surface area contributed by atoms with Crippen LogP contribution in [0.3, 0.4) is 0 Å². The van der Waals surface area contributed by atoms with Crippen molar-refractivity contribution in [2.24, 2.45) is 0 Å². The SMILES string of the molecule is ClCCOc1ccc(Br)c(Cl)c1. The van der Waals surface area contributed by atoms with E-state index >= 15 is 0 Å². The molecule has 0 atom stereocenters. The average molecular weight is 270 g/mol. The van der Waals surface area contributed by atoms with Gasteiger partial charge in [-0.1, -0.05) is 11.6 Å². The molecule has 1 aromatic carbocycles. The normalized spacial score (nSPS) is 9.92. The van der Waals surface area contributed by atoms with Gasteiger partial charge in [-0.15, -0.1) is 11.6 Å². The predicted octanol–water partition coefficient (Wildman–Crippen LogP) is 3.72. The Labute approximate surface area is 89.7 Å². The highest BCUT2D eigenvalue weighted by molar-refractivity contribution is 9.10. The first kappa shape index (κ1) is 10.2. The second-order valence-electron chi connectivity index (χ2n) is 2.11. The fraction of sp³-hybridized carbons (Fsp3) is 0.250. The number of ether oxygens (including phenoxy) is 1. The van der Waals surface area contributed by atoms with Gasteiger partial charge in [0.15, 0.2) is 0 Å². The molecule has 0 bridgehead atoms. The molecule has 0 aliphatic heterocycles. The van der Waals surface area contributed by atoms with E-state index < -0.39 is 0 Å². The van der Waals surface area contributed by atoms with E-state index in [0.29, 0.717) is 17.5 Å². The molecule has 0 aliphatic carbocycles. The number of alkyl halides is 1. The van der Waals surface area contributed by atoms with Crippen molar-refractivity contribution in [3.63, 3.8) is 0 Å². The van der Waals surface area contributed by atoms with Crippen molar-refractivity contribution in [1.29, 1.82) is 0 Å². The molecule has 66 valence electrons. The van der Waals surface area contributed by atoms with Gasteiger partial charge in [0.2, 0.25) is 0 Å². The minimum absolute atomic E-state index is 0.480. The van der Waals surface area contributed by atoms with Gasteiger partial charge in [0.05, 0.1) is 10.9 Å². The van der Waals surface area contributed by atoms with Gasteiger partial charge in [-0.2, -0.15) is 0 Å². The maximum absolute atomic E-state index is 5.83. The van der Waals surface area contributed by atoms with Crippen LogP contribution in [-0.2, 0) is 0 Å². The van der Waals surface area contributed by atoms with Crippen LogP contribution in [0.2, 0.25) is 5.02 Å². The second-order valence-corrected chi connectivity index (χ2v) is 3.75. The topological polar surface area (TPSA) is 9.23 Å². The molecule has 0 saturated carbocycles. The molecule has 0 N–H and O–H groups in total. The highest BCUT2D eigenvalue weighted by Gasteiger charge is 1.98. The third-order valence-electron chi connectivity index (χ3n) is 1.24. The minimum atomic E-state index is 0.480. The van der Waals surface area contributed by atoms with Gasteiger partial charge in [-0.05, 0) is 34.1 Å². The van der Waals surface area contributed by atoms with Crippen LogP contribution in [0.5, 0.6) is 5.75 Å². The van der Waals surface area contributed by atoms with Crippen molar-refractivity contribution < 1.29 is 4.74 Å². The predicted molar refractivity (Wildman–Crippen MR) is 55.4 cm³/mol. The van der Waals surface area contributed by atoms with Gasteiger partial charge in [0, 0.05) is 4.47 Å². The van der Waals surface area contributed by atoms with Crippen molar-refractivity contribution in [3.05, 3.63) is 27.7 Å². The molecule has 0 aromatic heterocycles. The lowest BCUT2D eigenvalue weighted by Crippen LogP contribution is -1.97. The zero-order valence-electron chi connectivity index (χ0n) is 6.19. The fourth-order valence-electron chi connectivity index (χ4n) is 0.723. The lowest BCUT2D eigenvalue weighted by atomic mass is 10.3. The van der Waals surface area contributed by atoms with Gasteiger partial charge < -0.3 is 4.74 Å². The van der Waals surface area contributed by atoms with Crippen LogP contribution in [0.15, 0.2) is 22.7 Å². The smallest absolute Gasteiger partial charge is 0.120 e. The Morgan fingerprint density at radius 1 is 1.42 bits per heavy atom. The van der Waals surface area contributed by atoms with E-state index in [0.717, 1.165) is 10.2 Å². The van der Waals surface area contributed by atoms with Crippen LogP contribution in [0.1, 0.15) is 0 Å². The maximum atomic E-state index is 5.83. The molecule has 0 aliphatic rings.